The van der Waals surface area contributed by atoms with Crippen molar-refractivity contribution in [3.63, 3.8) is 0 Å². The molecule has 0 amide bonds. The van der Waals surface area contributed by atoms with E-state index in [9.17, 15) is 9.90 Å². The molecule has 0 saturated heterocycles. The van der Waals surface area contributed by atoms with E-state index in [1.165, 1.54) is 24.4 Å². The number of methoxy groups -OCH3 is 1. The molecule has 2 aromatic carbocycles. The third kappa shape index (κ3) is 3.84. The third-order valence-electron chi connectivity index (χ3n) is 5.46. The van der Waals surface area contributed by atoms with Gasteiger partial charge in [0.05, 0.1) is 24.2 Å². The van der Waals surface area contributed by atoms with Crippen LogP contribution in [0, 0.1) is 0 Å². The van der Waals surface area contributed by atoms with E-state index >= 15 is 0 Å². The van der Waals surface area contributed by atoms with Crippen LogP contribution in [0.3, 0.4) is 0 Å². The first-order valence-electron chi connectivity index (χ1n) is 9.82. The molecule has 0 radical (unpaired) electrons. The Morgan fingerprint density at radius 2 is 2.03 bits per heavy atom. The van der Waals surface area contributed by atoms with Crippen molar-refractivity contribution >= 4 is 44.6 Å². The van der Waals surface area contributed by atoms with Crippen molar-refractivity contribution in [1.29, 1.82) is 0 Å². The van der Waals surface area contributed by atoms with Crippen LogP contribution in [0.2, 0.25) is 5.02 Å². The molecule has 1 heterocycles. The first-order valence-corrected chi connectivity index (χ1v) is 11.0. The topological polar surface area (TPSA) is 76.7 Å². The van der Waals surface area contributed by atoms with Gasteiger partial charge in [0, 0.05) is 16.0 Å². The van der Waals surface area contributed by atoms with E-state index in [4.69, 9.17) is 21.3 Å². The van der Waals surface area contributed by atoms with Gasteiger partial charge in [0.1, 0.15) is 10.8 Å². The summed E-state index contributed by atoms with van der Waals surface area (Å²) >= 11 is 9.57. The molecule has 1 saturated carbocycles. The number of phenolic OH excluding ortho intramolecular Hbond substituents is 1. The third-order valence-corrected chi connectivity index (χ3v) is 6.91. The highest BCUT2D eigenvalue weighted by Gasteiger charge is 2.22. The molecule has 8 heteroatoms. The molecule has 30 heavy (non-hydrogen) atoms. The van der Waals surface area contributed by atoms with E-state index in [2.05, 4.69) is 21.0 Å². The number of nitrogens with zero attached hydrogens (tertiary/aromatic N) is 3. The average molecular weight is 491 g/mol. The second-order valence-corrected chi connectivity index (χ2v) is 8.50. The lowest BCUT2D eigenvalue weighted by Crippen LogP contribution is -2.25. The molecule has 0 aliphatic heterocycles. The van der Waals surface area contributed by atoms with Crippen molar-refractivity contribution in [1.82, 2.24) is 9.66 Å². The van der Waals surface area contributed by atoms with E-state index in [0.29, 0.717) is 26.8 Å². The smallest absolute Gasteiger partial charge is 0.282 e. The average Bonchev–Trinajstić information content (AvgIpc) is 2.78. The molecule has 1 N–H and O–H groups in total. The van der Waals surface area contributed by atoms with Gasteiger partial charge in [0.25, 0.3) is 5.56 Å². The van der Waals surface area contributed by atoms with Crippen LogP contribution >= 0.6 is 27.5 Å². The SMILES string of the molecule is COc1cc(C=Nn2c(C3CCCCC3)nc3ccccc3c2=O)c(Br)c(Cl)c1O. The molecule has 6 nitrogen and oxygen atoms in total. The second-order valence-electron chi connectivity index (χ2n) is 7.33. The van der Waals surface area contributed by atoms with Gasteiger partial charge in [-0.15, -0.1) is 0 Å². The van der Waals surface area contributed by atoms with Gasteiger partial charge >= 0.3 is 0 Å². The number of hydrogen-bond acceptors (Lipinski definition) is 5. The molecule has 0 spiro atoms. The normalized spacial score (nSPS) is 15.2. The second kappa shape index (κ2) is 8.78. The first-order chi connectivity index (χ1) is 14.5. The predicted molar refractivity (Wildman–Crippen MR) is 122 cm³/mol. The fourth-order valence-electron chi connectivity index (χ4n) is 3.86. The van der Waals surface area contributed by atoms with Gasteiger partial charge in [0.15, 0.2) is 11.5 Å². The number of benzene rings is 2. The Bertz CT molecular complexity index is 1190. The standard InChI is InChI=1S/C22H21BrClN3O3/c1-30-17-11-14(18(23)19(24)20(17)28)12-25-27-21(13-7-3-2-4-8-13)26-16-10-6-5-9-15(16)22(27)29/h5-6,9-13,28H,2-4,7-8H2,1H3. The minimum atomic E-state index is -0.203. The zero-order chi connectivity index (χ0) is 21.3. The maximum Gasteiger partial charge on any atom is 0.282 e. The summed E-state index contributed by atoms with van der Waals surface area (Å²) in [6, 6.07) is 8.93. The summed E-state index contributed by atoms with van der Waals surface area (Å²) in [6.07, 6.45) is 6.95. The van der Waals surface area contributed by atoms with Crippen molar-refractivity contribution in [2.45, 2.75) is 38.0 Å². The summed E-state index contributed by atoms with van der Waals surface area (Å²) in [5.41, 5.74) is 1.06. The Hall–Kier alpha value is -2.38. The maximum absolute atomic E-state index is 13.2. The molecule has 1 aliphatic carbocycles. The van der Waals surface area contributed by atoms with Gasteiger partial charge in [0.2, 0.25) is 0 Å². The fourth-order valence-corrected chi connectivity index (χ4v) is 4.47. The number of aromatic hydroxyl groups is 1. The highest BCUT2D eigenvalue weighted by molar-refractivity contribution is 9.10. The van der Waals surface area contributed by atoms with Crippen LogP contribution in [0.25, 0.3) is 10.9 Å². The zero-order valence-electron chi connectivity index (χ0n) is 16.4. The number of para-hydroxylation sites is 1. The molecule has 3 aromatic rings. The Morgan fingerprint density at radius 1 is 1.30 bits per heavy atom. The summed E-state index contributed by atoms with van der Waals surface area (Å²) in [6.45, 7) is 0. The Morgan fingerprint density at radius 3 is 2.77 bits per heavy atom. The Kier molecular flexibility index (Phi) is 6.11. The number of fused-ring (bicyclic) bond motifs is 1. The largest absolute Gasteiger partial charge is 0.503 e. The number of halogens is 2. The summed E-state index contributed by atoms with van der Waals surface area (Å²) in [5, 5.41) is 15.2. The molecule has 156 valence electrons. The van der Waals surface area contributed by atoms with Crippen molar-refractivity contribution in [3.05, 3.63) is 61.6 Å². The summed E-state index contributed by atoms with van der Waals surface area (Å²) in [7, 11) is 1.44. The quantitative estimate of drug-likeness (QED) is 0.493. The van der Waals surface area contributed by atoms with E-state index < -0.39 is 0 Å². The fraction of sp³-hybridized carbons (Fsp3) is 0.318. The van der Waals surface area contributed by atoms with Gasteiger partial charge in [-0.25, -0.2) is 4.98 Å². The summed E-state index contributed by atoms with van der Waals surface area (Å²) < 4.78 is 7.04. The lowest BCUT2D eigenvalue weighted by molar-refractivity contribution is 0.373. The number of phenols is 1. The maximum atomic E-state index is 13.2. The van der Waals surface area contributed by atoms with Gasteiger partial charge < -0.3 is 9.84 Å². The predicted octanol–water partition coefficient (Wildman–Crippen LogP) is 5.46. The number of rotatable bonds is 4. The van der Waals surface area contributed by atoms with Crippen LogP contribution in [-0.4, -0.2) is 28.1 Å². The summed E-state index contributed by atoms with van der Waals surface area (Å²) in [5.74, 6) is 0.939. The lowest BCUT2D eigenvalue weighted by atomic mass is 9.88. The monoisotopic (exact) mass is 489 g/mol. The highest BCUT2D eigenvalue weighted by atomic mass is 79.9. The van der Waals surface area contributed by atoms with Gasteiger partial charge in [-0.3, -0.25) is 4.79 Å². The van der Waals surface area contributed by atoms with Gasteiger partial charge in [-0.2, -0.15) is 9.78 Å². The molecule has 0 bridgehead atoms. The molecule has 1 fully saturated rings. The number of aromatic nitrogens is 2. The van der Waals surface area contributed by atoms with Crippen molar-refractivity contribution in [2.24, 2.45) is 5.10 Å². The zero-order valence-corrected chi connectivity index (χ0v) is 18.8. The molecular weight excluding hydrogens is 470 g/mol. The Balaban J connectivity index is 1.87. The van der Waals surface area contributed by atoms with Crippen molar-refractivity contribution in [3.8, 4) is 11.5 Å². The van der Waals surface area contributed by atoms with Gasteiger partial charge in [-0.05, 0) is 47.0 Å². The van der Waals surface area contributed by atoms with Crippen LogP contribution < -0.4 is 10.3 Å². The minimum absolute atomic E-state index is 0.118. The first kappa shape index (κ1) is 20.9. The van der Waals surface area contributed by atoms with E-state index in [-0.39, 0.29) is 28.0 Å². The molecule has 0 unspecified atom stereocenters. The van der Waals surface area contributed by atoms with E-state index in [1.807, 2.05) is 18.2 Å². The van der Waals surface area contributed by atoms with E-state index in [1.54, 1.807) is 12.1 Å². The molecule has 1 aliphatic rings. The number of ether oxygens (including phenoxy) is 1. The summed E-state index contributed by atoms with van der Waals surface area (Å²) in [4.78, 5) is 18.1. The molecule has 1 aromatic heterocycles. The van der Waals surface area contributed by atoms with Crippen molar-refractivity contribution in [2.75, 3.05) is 7.11 Å². The van der Waals surface area contributed by atoms with E-state index in [0.717, 1.165) is 25.7 Å². The van der Waals surface area contributed by atoms with Crippen LogP contribution in [0.5, 0.6) is 11.5 Å². The van der Waals surface area contributed by atoms with Crippen LogP contribution in [0.15, 0.2) is 44.7 Å². The highest BCUT2D eigenvalue weighted by Crippen LogP contribution is 2.41. The van der Waals surface area contributed by atoms with Crippen molar-refractivity contribution < 1.29 is 9.84 Å². The number of hydrogen-bond donors (Lipinski definition) is 1. The molecule has 0 atom stereocenters. The van der Waals surface area contributed by atoms with Crippen LogP contribution in [0.1, 0.15) is 49.4 Å². The Labute approximate surface area is 187 Å². The van der Waals surface area contributed by atoms with Gasteiger partial charge in [-0.1, -0.05) is 43.0 Å². The minimum Gasteiger partial charge on any atom is -0.503 e. The van der Waals surface area contributed by atoms with Crippen LogP contribution in [0.4, 0.5) is 0 Å². The van der Waals surface area contributed by atoms with Crippen LogP contribution in [-0.2, 0) is 0 Å². The molecular formula is C22H21BrClN3O3. The molecule has 4 rings (SSSR count). The lowest BCUT2D eigenvalue weighted by Gasteiger charge is -2.22.